The zero-order valence-corrected chi connectivity index (χ0v) is 25.4. The predicted molar refractivity (Wildman–Crippen MR) is 166 cm³/mol. The summed E-state index contributed by atoms with van der Waals surface area (Å²) in [5.41, 5.74) is 3.52. The molecule has 2 N–H and O–H groups in total. The Balaban J connectivity index is 1.47. The lowest BCUT2D eigenvalue weighted by molar-refractivity contribution is -0.161. The van der Waals surface area contributed by atoms with E-state index in [2.05, 4.69) is 46.8 Å². The average Bonchev–Trinajstić information content (AvgIpc) is 2.92. The fourth-order valence-electron chi connectivity index (χ4n) is 4.99. The number of ether oxygens (including phenoxy) is 2. The summed E-state index contributed by atoms with van der Waals surface area (Å²) in [6, 6.07) is 15.5. The molecule has 0 spiro atoms. The summed E-state index contributed by atoms with van der Waals surface area (Å²) in [5, 5.41) is 6.22. The molecule has 8 heteroatoms. The minimum Gasteiger partial charge on any atom is -0.484 e. The van der Waals surface area contributed by atoms with Crippen molar-refractivity contribution >= 4 is 29.5 Å². The number of amides is 1. The molecule has 42 heavy (non-hydrogen) atoms. The van der Waals surface area contributed by atoms with E-state index in [0.717, 1.165) is 36.1 Å². The number of benzene rings is 2. The van der Waals surface area contributed by atoms with E-state index in [-0.39, 0.29) is 36.4 Å². The minimum atomic E-state index is -0.497. The first-order chi connectivity index (χ1) is 20.0. The van der Waals surface area contributed by atoms with Gasteiger partial charge in [-0.05, 0) is 101 Å². The van der Waals surface area contributed by atoms with E-state index in [1.165, 1.54) is 5.56 Å². The van der Waals surface area contributed by atoms with Crippen LogP contribution >= 0.6 is 0 Å². The van der Waals surface area contributed by atoms with Crippen LogP contribution in [0.25, 0.3) is 17.5 Å². The molecule has 1 aliphatic rings. The molecule has 8 nitrogen and oxygen atoms in total. The van der Waals surface area contributed by atoms with E-state index < -0.39 is 5.60 Å². The van der Waals surface area contributed by atoms with E-state index in [4.69, 9.17) is 14.5 Å². The lowest BCUT2D eigenvalue weighted by Crippen LogP contribution is -2.34. The van der Waals surface area contributed by atoms with Crippen LogP contribution in [0, 0.1) is 11.8 Å². The van der Waals surface area contributed by atoms with Crippen LogP contribution in [-0.4, -0.2) is 40.1 Å². The Morgan fingerprint density at radius 3 is 2.64 bits per heavy atom. The summed E-state index contributed by atoms with van der Waals surface area (Å²) < 4.78 is 11.4. The van der Waals surface area contributed by atoms with Gasteiger partial charge in [0.25, 0.3) is 5.91 Å². The quantitative estimate of drug-likeness (QED) is 0.275. The monoisotopic (exact) mass is 570 g/mol. The van der Waals surface area contributed by atoms with E-state index in [9.17, 15) is 9.59 Å². The molecule has 222 valence electrons. The lowest BCUT2D eigenvalue weighted by Gasteiger charge is -2.28. The van der Waals surface area contributed by atoms with Crippen molar-refractivity contribution in [1.82, 2.24) is 15.3 Å². The molecule has 0 aliphatic heterocycles. The zero-order valence-electron chi connectivity index (χ0n) is 25.4. The van der Waals surface area contributed by atoms with Crippen molar-refractivity contribution in [1.29, 1.82) is 0 Å². The number of anilines is 2. The summed E-state index contributed by atoms with van der Waals surface area (Å²) in [6.07, 6.45) is 8.41. The van der Waals surface area contributed by atoms with Gasteiger partial charge >= 0.3 is 5.97 Å². The number of aryl methyl sites for hydroxylation is 1. The van der Waals surface area contributed by atoms with Crippen molar-refractivity contribution in [2.45, 2.75) is 72.4 Å². The van der Waals surface area contributed by atoms with Crippen molar-refractivity contribution in [3.8, 4) is 17.1 Å². The first-order valence-corrected chi connectivity index (χ1v) is 14.7. The fraction of sp³-hybridized carbons (Fsp3) is 0.412. The molecule has 0 saturated carbocycles. The smallest absolute Gasteiger partial charge is 0.310 e. The van der Waals surface area contributed by atoms with Gasteiger partial charge in [-0.15, -0.1) is 0 Å². The molecule has 2 atom stereocenters. The van der Waals surface area contributed by atoms with Gasteiger partial charge in [0.05, 0.1) is 5.92 Å². The van der Waals surface area contributed by atoms with Crippen molar-refractivity contribution in [3.63, 3.8) is 0 Å². The van der Waals surface area contributed by atoms with Gasteiger partial charge in [-0.3, -0.25) is 9.59 Å². The summed E-state index contributed by atoms with van der Waals surface area (Å²) in [4.78, 5) is 34.1. The molecule has 1 aliphatic carbocycles. The average molecular weight is 571 g/mol. The fourth-order valence-corrected chi connectivity index (χ4v) is 4.99. The number of esters is 1. The third-order valence-electron chi connectivity index (χ3n) is 6.93. The maximum Gasteiger partial charge on any atom is 0.310 e. The SMILES string of the molecule is CCC1C=Cc2cc(Nc3ccnc(-c4cccc(OCC(=O)NC(C)C)c4)n3)ccc2CCC1C(=O)OC(C)(C)C. The number of aromatic nitrogens is 2. The Kier molecular flexibility index (Phi) is 9.99. The second-order valence-corrected chi connectivity index (χ2v) is 12.0. The number of carbonyl (C=O) groups excluding carboxylic acids is 2. The Hall–Kier alpha value is -4.20. The maximum atomic E-state index is 13.0. The van der Waals surface area contributed by atoms with Gasteiger partial charge in [-0.25, -0.2) is 9.97 Å². The predicted octanol–water partition coefficient (Wildman–Crippen LogP) is 6.73. The molecule has 2 aromatic carbocycles. The molecular formula is C34H42N4O4. The standard InChI is InChI=1S/C34H42N4O4/c1-7-23-11-12-25-19-27(15-13-24(25)14-16-29(23)33(40)42-34(4,5)6)37-30-17-18-35-32(38-30)26-9-8-10-28(20-26)41-21-31(39)36-22(2)3/h8-13,15,17-20,22-23,29H,7,14,16,21H2,1-6H3,(H,36,39)(H,35,37,38). The van der Waals surface area contributed by atoms with Crippen LogP contribution in [0.1, 0.15) is 65.5 Å². The van der Waals surface area contributed by atoms with E-state index in [0.29, 0.717) is 17.4 Å². The van der Waals surface area contributed by atoms with Crippen LogP contribution in [0.4, 0.5) is 11.5 Å². The van der Waals surface area contributed by atoms with E-state index in [1.807, 2.05) is 65.0 Å². The summed E-state index contributed by atoms with van der Waals surface area (Å²) in [6.45, 7) is 11.6. The van der Waals surface area contributed by atoms with Gasteiger partial charge in [-0.2, -0.15) is 0 Å². The number of nitrogens with one attached hydrogen (secondary N) is 2. The molecule has 1 amide bonds. The molecule has 2 unspecified atom stereocenters. The van der Waals surface area contributed by atoms with Crippen molar-refractivity contribution in [2.24, 2.45) is 11.8 Å². The Morgan fingerprint density at radius 2 is 1.90 bits per heavy atom. The number of rotatable bonds is 9. The maximum absolute atomic E-state index is 13.0. The summed E-state index contributed by atoms with van der Waals surface area (Å²) in [5.74, 6) is 1.46. The van der Waals surface area contributed by atoms with Gasteiger partial charge in [0.2, 0.25) is 0 Å². The van der Waals surface area contributed by atoms with Crippen LogP contribution in [-0.2, 0) is 20.7 Å². The molecular weight excluding hydrogens is 528 g/mol. The first kappa shape index (κ1) is 30.8. The second-order valence-electron chi connectivity index (χ2n) is 12.0. The van der Waals surface area contributed by atoms with Crippen LogP contribution in [0.5, 0.6) is 5.75 Å². The number of hydrogen-bond acceptors (Lipinski definition) is 7. The highest BCUT2D eigenvalue weighted by Gasteiger charge is 2.31. The van der Waals surface area contributed by atoms with Gasteiger partial charge in [0, 0.05) is 23.5 Å². The number of allylic oxidation sites excluding steroid dienone is 1. The summed E-state index contributed by atoms with van der Waals surface area (Å²) >= 11 is 0. The highest BCUT2D eigenvalue weighted by molar-refractivity contribution is 5.78. The topological polar surface area (TPSA) is 102 Å². The van der Waals surface area contributed by atoms with Gasteiger partial charge < -0.3 is 20.1 Å². The molecule has 1 heterocycles. The molecule has 0 radical (unpaired) electrons. The zero-order chi connectivity index (χ0) is 30.3. The van der Waals surface area contributed by atoms with Gasteiger partial charge in [0.1, 0.15) is 17.2 Å². The minimum absolute atomic E-state index is 0.0564. The molecule has 0 saturated heterocycles. The normalized spacial score (nSPS) is 16.6. The molecule has 0 fully saturated rings. The number of nitrogens with zero attached hydrogens (tertiary/aromatic N) is 2. The molecule has 3 aromatic rings. The van der Waals surface area contributed by atoms with Crippen LogP contribution in [0.2, 0.25) is 0 Å². The Morgan fingerprint density at radius 1 is 1.10 bits per heavy atom. The van der Waals surface area contributed by atoms with Crippen molar-refractivity contribution in [2.75, 3.05) is 11.9 Å². The number of fused-ring (bicyclic) bond motifs is 1. The van der Waals surface area contributed by atoms with Crippen LogP contribution in [0.15, 0.2) is 60.8 Å². The molecule has 1 aromatic heterocycles. The largest absolute Gasteiger partial charge is 0.484 e. The van der Waals surface area contributed by atoms with Crippen LogP contribution in [0.3, 0.4) is 0 Å². The lowest BCUT2D eigenvalue weighted by atomic mass is 9.82. The van der Waals surface area contributed by atoms with Gasteiger partial charge in [-0.1, -0.05) is 37.3 Å². The highest BCUT2D eigenvalue weighted by atomic mass is 16.6. The number of carbonyl (C=O) groups is 2. The second kappa shape index (κ2) is 13.6. The van der Waals surface area contributed by atoms with Crippen molar-refractivity contribution in [3.05, 3.63) is 71.9 Å². The highest BCUT2D eigenvalue weighted by Crippen LogP contribution is 2.32. The Labute approximate surface area is 249 Å². The molecule has 4 rings (SSSR count). The van der Waals surface area contributed by atoms with E-state index >= 15 is 0 Å². The summed E-state index contributed by atoms with van der Waals surface area (Å²) in [7, 11) is 0. The number of hydrogen-bond donors (Lipinski definition) is 2. The first-order valence-electron chi connectivity index (χ1n) is 14.7. The van der Waals surface area contributed by atoms with Crippen LogP contribution < -0.4 is 15.4 Å². The van der Waals surface area contributed by atoms with Gasteiger partial charge in [0.15, 0.2) is 12.4 Å². The Bertz CT molecular complexity index is 1430. The van der Waals surface area contributed by atoms with Crippen molar-refractivity contribution < 1.29 is 19.1 Å². The third-order valence-corrected chi connectivity index (χ3v) is 6.93. The molecule has 0 bridgehead atoms. The van der Waals surface area contributed by atoms with E-state index in [1.54, 1.807) is 12.3 Å². The third kappa shape index (κ3) is 8.65.